The average molecular weight is 389 g/mol. The van der Waals surface area contributed by atoms with Gasteiger partial charge in [0.05, 0.1) is 17.9 Å². The van der Waals surface area contributed by atoms with Crippen LogP contribution in [0, 0.1) is 19.7 Å². The number of hydrogen-bond acceptors (Lipinski definition) is 5. The van der Waals surface area contributed by atoms with E-state index >= 15 is 0 Å². The minimum absolute atomic E-state index is 0.305. The molecule has 2 N–H and O–H groups in total. The standard InChI is InChI=1S/C18H18FN3O2S.C2H6/c1-4-24-22-16(23)15-12-7-11(3)9-20-17(12)25-18(15)21-14-6-5-10(2)8-13(14)19;1-2/h5-9,21H,4H2,1-3H3,(H,22,23);1-2H3. The third-order valence-corrected chi connectivity index (χ3v) is 4.62. The fourth-order valence-corrected chi connectivity index (χ4v) is 3.47. The lowest BCUT2D eigenvalue weighted by atomic mass is 10.1. The van der Waals surface area contributed by atoms with Crippen LogP contribution in [0.4, 0.5) is 15.1 Å². The van der Waals surface area contributed by atoms with E-state index < -0.39 is 5.91 Å². The van der Waals surface area contributed by atoms with E-state index in [0.717, 1.165) is 11.1 Å². The summed E-state index contributed by atoms with van der Waals surface area (Å²) < 4.78 is 14.2. The van der Waals surface area contributed by atoms with Crippen molar-refractivity contribution < 1.29 is 14.0 Å². The van der Waals surface area contributed by atoms with Crippen LogP contribution >= 0.6 is 11.3 Å². The van der Waals surface area contributed by atoms with E-state index in [2.05, 4.69) is 15.8 Å². The molecule has 0 spiro atoms. The summed E-state index contributed by atoms with van der Waals surface area (Å²) in [5, 5.41) is 4.25. The predicted octanol–water partition coefficient (Wildman–Crippen LogP) is 5.50. The van der Waals surface area contributed by atoms with Gasteiger partial charge in [-0.1, -0.05) is 31.3 Å². The lowest BCUT2D eigenvalue weighted by Gasteiger charge is -2.09. The van der Waals surface area contributed by atoms with Gasteiger partial charge in [0.1, 0.15) is 15.6 Å². The monoisotopic (exact) mass is 389 g/mol. The van der Waals surface area contributed by atoms with Gasteiger partial charge >= 0.3 is 0 Å². The zero-order chi connectivity index (χ0) is 20.0. The highest BCUT2D eigenvalue weighted by molar-refractivity contribution is 7.23. The van der Waals surface area contributed by atoms with E-state index in [1.807, 2.05) is 33.8 Å². The Kier molecular flexibility index (Phi) is 7.27. The lowest BCUT2D eigenvalue weighted by Crippen LogP contribution is -2.24. The van der Waals surface area contributed by atoms with Crippen molar-refractivity contribution in [1.29, 1.82) is 0 Å². The van der Waals surface area contributed by atoms with Crippen LogP contribution in [0.1, 0.15) is 42.3 Å². The zero-order valence-corrected chi connectivity index (χ0v) is 17.0. The third kappa shape index (κ3) is 4.81. The number of fused-ring (bicyclic) bond motifs is 1. The number of aromatic nitrogens is 1. The quantitative estimate of drug-likeness (QED) is 0.565. The van der Waals surface area contributed by atoms with E-state index in [1.165, 1.54) is 17.4 Å². The Morgan fingerprint density at radius 2 is 1.96 bits per heavy atom. The van der Waals surface area contributed by atoms with Crippen molar-refractivity contribution in [2.75, 3.05) is 11.9 Å². The first-order valence-electron chi connectivity index (χ1n) is 8.84. The predicted molar refractivity (Wildman–Crippen MR) is 109 cm³/mol. The summed E-state index contributed by atoms with van der Waals surface area (Å²) in [6.45, 7) is 9.85. The van der Waals surface area contributed by atoms with E-state index in [-0.39, 0.29) is 5.82 Å². The number of carbonyl (C=O) groups is 1. The van der Waals surface area contributed by atoms with Gasteiger partial charge < -0.3 is 5.32 Å². The number of aryl methyl sites for hydroxylation is 2. The van der Waals surface area contributed by atoms with Gasteiger partial charge in [0, 0.05) is 11.6 Å². The first kappa shape index (κ1) is 20.8. The molecule has 1 amide bonds. The molecule has 0 aliphatic rings. The topological polar surface area (TPSA) is 63.2 Å². The molecule has 0 saturated carbocycles. The second-order valence-corrected chi connectivity index (χ2v) is 6.64. The number of carbonyl (C=O) groups excluding carboxylic acids is 1. The number of nitrogens with one attached hydrogen (secondary N) is 2. The molecular weight excluding hydrogens is 365 g/mol. The molecule has 144 valence electrons. The van der Waals surface area contributed by atoms with Crippen molar-refractivity contribution in [1.82, 2.24) is 10.5 Å². The van der Waals surface area contributed by atoms with Gasteiger partial charge in [0.2, 0.25) is 0 Å². The molecule has 5 nitrogen and oxygen atoms in total. The largest absolute Gasteiger partial charge is 0.344 e. The normalized spacial score (nSPS) is 10.3. The van der Waals surface area contributed by atoms with Crippen LogP contribution in [0.3, 0.4) is 0 Å². The van der Waals surface area contributed by atoms with Crippen molar-refractivity contribution in [3.63, 3.8) is 0 Å². The van der Waals surface area contributed by atoms with Gasteiger partial charge in [-0.2, -0.15) is 0 Å². The number of nitrogens with zero attached hydrogens (tertiary/aromatic N) is 1. The molecule has 0 unspecified atom stereocenters. The SMILES string of the molecule is CC.CCONC(=O)c1c(Nc2ccc(C)cc2F)sc2ncc(C)cc12. The molecule has 2 heterocycles. The third-order valence-electron chi connectivity index (χ3n) is 3.59. The second-order valence-electron chi connectivity index (χ2n) is 5.64. The number of hydrogen-bond donors (Lipinski definition) is 2. The van der Waals surface area contributed by atoms with Crippen molar-refractivity contribution in [3.8, 4) is 0 Å². The van der Waals surface area contributed by atoms with Crippen LogP contribution in [-0.4, -0.2) is 17.5 Å². The van der Waals surface area contributed by atoms with E-state index in [9.17, 15) is 9.18 Å². The molecule has 2 aromatic heterocycles. The van der Waals surface area contributed by atoms with Crippen molar-refractivity contribution in [2.24, 2.45) is 0 Å². The van der Waals surface area contributed by atoms with Crippen LogP contribution in [0.5, 0.6) is 0 Å². The summed E-state index contributed by atoms with van der Waals surface area (Å²) in [6.07, 6.45) is 1.74. The molecule has 0 radical (unpaired) electrons. The van der Waals surface area contributed by atoms with Gasteiger partial charge in [-0.25, -0.2) is 14.9 Å². The molecule has 0 saturated heterocycles. The molecule has 0 atom stereocenters. The second kappa shape index (κ2) is 9.43. The van der Waals surface area contributed by atoms with Gasteiger partial charge in [-0.3, -0.25) is 9.63 Å². The van der Waals surface area contributed by atoms with Gasteiger partial charge in [0.25, 0.3) is 5.91 Å². The smallest absolute Gasteiger partial charge is 0.278 e. The van der Waals surface area contributed by atoms with E-state index in [0.29, 0.717) is 33.1 Å². The Balaban J connectivity index is 0.00000126. The number of anilines is 2. The zero-order valence-electron chi connectivity index (χ0n) is 16.1. The molecule has 7 heteroatoms. The van der Waals surface area contributed by atoms with Crippen molar-refractivity contribution >= 4 is 38.1 Å². The number of thiophene rings is 1. The summed E-state index contributed by atoms with van der Waals surface area (Å²) in [5.74, 6) is -0.770. The molecule has 27 heavy (non-hydrogen) atoms. The van der Waals surface area contributed by atoms with Crippen molar-refractivity contribution in [2.45, 2.75) is 34.6 Å². The summed E-state index contributed by atoms with van der Waals surface area (Å²) in [5.41, 5.74) is 4.86. The summed E-state index contributed by atoms with van der Waals surface area (Å²) in [6, 6.07) is 6.79. The Morgan fingerprint density at radius 3 is 2.63 bits per heavy atom. The highest BCUT2D eigenvalue weighted by atomic mass is 32.1. The molecule has 3 rings (SSSR count). The lowest BCUT2D eigenvalue weighted by molar-refractivity contribution is 0.0367. The Labute approximate surface area is 162 Å². The number of pyridine rings is 1. The maximum absolute atomic E-state index is 14.2. The van der Waals surface area contributed by atoms with Gasteiger partial charge in [-0.05, 0) is 50.1 Å². The number of amides is 1. The first-order valence-corrected chi connectivity index (χ1v) is 9.65. The molecule has 0 aliphatic carbocycles. The summed E-state index contributed by atoms with van der Waals surface area (Å²) in [4.78, 5) is 22.6. The van der Waals surface area contributed by atoms with Crippen LogP contribution in [0.25, 0.3) is 10.2 Å². The fourth-order valence-electron chi connectivity index (χ4n) is 2.43. The number of hydroxylamine groups is 1. The molecule has 0 bridgehead atoms. The summed E-state index contributed by atoms with van der Waals surface area (Å²) >= 11 is 1.30. The number of halogens is 1. The van der Waals surface area contributed by atoms with Crippen LogP contribution < -0.4 is 10.8 Å². The minimum Gasteiger partial charge on any atom is -0.344 e. The minimum atomic E-state index is -0.393. The highest BCUT2D eigenvalue weighted by Crippen LogP contribution is 2.37. The summed E-state index contributed by atoms with van der Waals surface area (Å²) in [7, 11) is 0. The Morgan fingerprint density at radius 1 is 1.22 bits per heavy atom. The Bertz CT molecular complexity index is 940. The highest BCUT2D eigenvalue weighted by Gasteiger charge is 2.21. The van der Waals surface area contributed by atoms with Crippen LogP contribution in [0.15, 0.2) is 30.5 Å². The van der Waals surface area contributed by atoms with Crippen LogP contribution in [0.2, 0.25) is 0 Å². The number of benzene rings is 1. The van der Waals surface area contributed by atoms with Crippen molar-refractivity contribution in [3.05, 3.63) is 53.0 Å². The molecule has 3 aromatic rings. The molecule has 0 aliphatic heterocycles. The number of rotatable bonds is 5. The fraction of sp³-hybridized carbons (Fsp3) is 0.300. The molecule has 1 aromatic carbocycles. The molecular formula is C20H24FN3O2S. The van der Waals surface area contributed by atoms with E-state index in [4.69, 9.17) is 4.84 Å². The van der Waals surface area contributed by atoms with Gasteiger partial charge in [-0.15, -0.1) is 0 Å². The average Bonchev–Trinajstić information content (AvgIpc) is 3.01. The van der Waals surface area contributed by atoms with E-state index in [1.54, 1.807) is 25.3 Å². The maximum Gasteiger partial charge on any atom is 0.278 e. The molecule has 0 fully saturated rings. The Hall–Kier alpha value is -2.51. The van der Waals surface area contributed by atoms with Gasteiger partial charge in [0.15, 0.2) is 0 Å². The first-order chi connectivity index (χ1) is 13.0. The van der Waals surface area contributed by atoms with Crippen LogP contribution in [-0.2, 0) is 4.84 Å². The maximum atomic E-state index is 14.2.